The number of allylic oxidation sites excluding steroid dienone is 6. The Balaban J connectivity index is 0.000000696. The number of hydrogen-bond acceptors (Lipinski definition) is 3. The van der Waals surface area contributed by atoms with Gasteiger partial charge in [-0.3, -0.25) is 5.21 Å². The lowest BCUT2D eigenvalue weighted by Gasteiger charge is -2.42. The third-order valence-electron chi connectivity index (χ3n) is 8.34. The molecule has 5 nitrogen and oxygen atoms in total. The highest BCUT2D eigenvalue weighted by Gasteiger charge is 2.48. The summed E-state index contributed by atoms with van der Waals surface area (Å²) < 4.78 is 0. The molecule has 0 bridgehead atoms. The first-order chi connectivity index (χ1) is 15.5. The van der Waals surface area contributed by atoms with E-state index in [2.05, 4.69) is 44.7 Å². The minimum Gasteiger partial charge on any atom is -0.464 e. The molecule has 3 rings (SSSR count). The summed E-state index contributed by atoms with van der Waals surface area (Å²) in [5.74, 6) is 1.75. The molecule has 4 unspecified atom stereocenters. The Kier molecular flexibility index (Phi) is 9.99. The summed E-state index contributed by atoms with van der Waals surface area (Å²) in [6, 6.07) is 0. The van der Waals surface area contributed by atoms with Gasteiger partial charge in [-0.15, -0.1) is 0 Å². The minimum atomic E-state index is -1.44. The number of nitrogens with one attached hydrogen (secondary N) is 1. The molecule has 4 N–H and O–H groups in total. The van der Waals surface area contributed by atoms with E-state index in [1.807, 2.05) is 13.8 Å². The summed E-state index contributed by atoms with van der Waals surface area (Å²) in [4.78, 5) is 9.01. The highest BCUT2D eigenvalue weighted by molar-refractivity contribution is 5.62. The van der Waals surface area contributed by atoms with Crippen LogP contribution in [-0.4, -0.2) is 27.1 Å². The summed E-state index contributed by atoms with van der Waals surface area (Å²) in [6.07, 6.45) is 21.0. The van der Waals surface area contributed by atoms with E-state index in [0.717, 1.165) is 17.3 Å². The van der Waals surface area contributed by atoms with Gasteiger partial charge in [0.2, 0.25) is 0 Å². The molecule has 3 aliphatic rings. The number of rotatable bonds is 5. The second-order valence-corrected chi connectivity index (χ2v) is 11.0. The number of amides is 1. The second kappa shape index (κ2) is 12.0. The van der Waals surface area contributed by atoms with E-state index < -0.39 is 11.7 Å². The second-order valence-electron chi connectivity index (χ2n) is 11.0. The largest absolute Gasteiger partial charge is 0.464 e. The third kappa shape index (κ3) is 7.58. The zero-order valence-corrected chi connectivity index (χ0v) is 21.1. The molecule has 4 atom stereocenters. The number of fused-ring (bicyclic) bond motifs is 1. The number of aliphatic hydroxyl groups is 1. The molecule has 1 amide bonds. The molecule has 0 aromatic rings. The van der Waals surface area contributed by atoms with Crippen molar-refractivity contribution < 1.29 is 20.2 Å². The molecule has 0 aromatic heterocycles. The van der Waals surface area contributed by atoms with Crippen molar-refractivity contribution in [2.75, 3.05) is 0 Å². The molecule has 3 fully saturated rings. The quantitative estimate of drug-likeness (QED) is 0.199. The number of carboxylic acid groups (broad SMARTS) is 1. The molecule has 0 saturated heterocycles. The van der Waals surface area contributed by atoms with Gasteiger partial charge in [0.1, 0.15) is 0 Å². The minimum absolute atomic E-state index is 0.203. The average Bonchev–Trinajstić information content (AvgIpc) is 3.09. The van der Waals surface area contributed by atoms with E-state index in [1.165, 1.54) is 75.4 Å². The zero-order valence-electron chi connectivity index (χ0n) is 21.1. The van der Waals surface area contributed by atoms with Gasteiger partial charge < -0.3 is 10.2 Å². The van der Waals surface area contributed by atoms with Crippen molar-refractivity contribution in [2.45, 2.75) is 97.5 Å². The predicted octanol–water partition coefficient (Wildman–Crippen LogP) is 7.18. The lowest BCUT2D eigenvalue weighted by atomic mass is 9.63. The van der Waals surface area contributed by atoms with Crippen LogP contribution in [0.5, 0.6) is 0 Å². The molecule has 3 saturated carbocycles. The van der Waals surface area contributed by atoms with Gasteiger partial charge in [-0.25, -0.2) is 10.3 Å². The first kappa shape index (κ1) is 27.4. The van der Waals surface area contributed by atoms with Gasteiger partial charge >= 0.3 is 6.09 Å². The van der Waals surface area contributed by atoms with Crippen LogP contribution < -0.4 is 5.48 Å². The summed E-state index contributed by atoms with van der Waals surface area (Å²) >= 11 is 0. The van der Waals surface area contributed by atoms with Crippen LogP contribution in [0, 0.1) is 23.2 Å². The highest BCUT2D eigenvalue weighted by Crippen LogP contribution is 2.58. The van der Waals surface area contributed by atoms with Gasteiger partial charge in [0.25, 0.3) is 0 Å². The van der Waals surface area contributed by atoms with Crippen molar-refractivity contribution in [3.05, 3.63) is 47.6 Å². The molecule has 0 spiro atoms. The molecule has 5 heteroatoms. The maximum atomic E-state index is 10.2. The van der Waals surface area contributed by atoms with Crippen molar-refractivity contribution >= 4 is 6.09 Å². The van der Waals surface area contributed by atoms with Crippen molar-refractivity contribution in [1.29, 1.82) is 0 Å². The zero-order chi connectivity index (χ0) is 24.6. The molecular formula is C28H45NO4. The van der Waals surface area contributed by atoms with Gasteiger partial charge in [-0.05, 0) is 101 Å². The van der Waals surface area contributed by atoms with E-state index in [1.54, 1.807) is 5.57 Å². The normalized spacial score (nSPS) is 31.3. The van der Waals surface area contributed by atoms with E-state index >= 15 is 0 Å². The Hall–Kier alpha value is -1.85. The molecule has 0 aromatic carbocycles. The topological polar surface area (TPSA) is 89.8 Å². The Morgan fingerprint density at radius 3 is 2.48 bits per heavy atom. The summed E-state index contributed by atoms with van der Waals surface area (Å²) in [5, 5.41) is 24.8. The molecule has 0 heterocycles. The van der Waals surface area contributed by atoms with Gasteiger partial charge in [0, 0.05) is 5.92 Å². The third-order valence-corrected chi connectivity index (χ3v) is 8.34. The van der Waals surface area contributed by atoms with Crippen LogP contribution in [0.25, 0.3) is 0 Å². The van der Waals surface area contributed by atoms with E-state index in [9.17, 15) is 5.11 Å². The highest BCUT2D eigenvalue weighted by atomic mass is 16.5. The van der Waals surface area contributed by atoms with Crippen LogP contribution in [0.1, 0.15) is 91.9 Å². The van der Waals surface area contributed by atoms with Crippen molar-refractivity contribution in [3.63, 3.8) is 0 Å². The van der Waals surface area contributed by atoms with Gasteiger partial charge in [-0.2, -0.15) is 0 Å². The van der Waals surface area contributed by atoms with Crippen LogP contribution in [0.15, 0.2) is 47.6 Å². The van der Waals surface area contributed by atoms with E-state index in [4.69, 9.17) is 15.1 Å². The average molecular weight is 460 g/mol. The summed E-state index contributed by atoms with van der Waals surface area (Å²) in [7, 11) is 0. The van der Waals surface area contributed by atoms with Crippen LogP contribution in [0.2, 0.25) is 0 Å². The van der Waals surface area contributed by atoms with Crippen LogP contribution in [0.3, 0.4) is 0 Å². The van der Waals surface area contributed by atoms with E-state index in [0.29, 0.717) is 5.41 Å². The van der Waals surface area contributed by atoms with Crippen LogP contribution in [-0.2, 0) is 0 Å². The fourth-order valence-electron chi connectivity index (χ4n) is 5.82. The smallest absolute Gasteiger partial charge is 0.428 e. The SMILES string of the molecule is C=C1CCCC/C1=C/C=C1\CCCC2(C)C(C/C=C/C(C)C(C)(C)O)CCC12.O=C(O)NO. The van der Waals surface area contributed by atoms with Crippen molar-refractivity contribution in [1.82, 2.24) is 5.48 Å². The summed E-state index contributed by atoms with van der Waals surface area (Å²) in [6.45, 7) is 12.8. The molecule has 33 heavy (non-hydrogen) atoms. The monoisotopic (exact) mass is 459 g/mol. The Bertz CT molecular complexity index is 773. The molecule has 0 aliphatic heterocycles. The van der Waals surface area contributed by atoms with Gasteiger partial charge in [0.05, 0.1) is 5.60 Å². The predicted molar refractivity (Wildman–Crippen MR) is 134 cm³/mol. The van der Waals surface area contributed by atoms with E-state index in [-0.39, 0.29) is 5.92 Å². The Morgan fingerprint density at radius 2 is 1.88 bits per heavy atom. The lowest BCUT2D eigenvalue weighted by molar-refractivity contribution is 0.0439. The molecule has 186 valence electrons. The Labute approximate surface area is 200 Å². The number of carbonyl (C=O) groups is 1. The van der Waals surface area contributed by atoms with Crippen LogP contribution in [0.4, 0.5) is 4.79 Å². The standard InChI is InChI=1S/C27H42O.CH3NO3/c1-20-10-6-7-12-22(20)15-16-23-13-9-19-27(5)24(17-18-25(23)27)14-8-11-21(2)26(3,4)28;3-1(4)2-5/h8,11,15-16,21,24-25,28H,1,6-7,9-10,12-14,17-19H2,2-5H3;2,5H,(H,3,4)/b11-8+,22-15-,23-16+;. The maximum Gasteiger partial charge on any atom is 0.428 e. The molecular weight excluding hydrogens is 414 g/mol. The maximum absolute atomic E-state index is 10.2. The van der Waals surface area contributed by atoms with Gasteiger partial charge in [-0.1, -0.05) is 55.9 Å². The Morgan fingerprint density at radius 1 is 1.21 bits per heavy atom. The first-order valence-corrected chi connectivity index (χ1v) is 12.6. The lowest BCUT2D eigenvalue weighted by Crippen LogP contribution is -2.33. The van der Waals surface area contributed by atoms with Crippen molar-refractivity contribution in [3.8, 4) is 0 Å². The first-order valence-electron chi connectivity index (χ1n) is 12.6. The van der Waals surface area contributed by atoms with Crippen LogP contribution >= 0.6 is 0 Å². The number of hydroxylamine groups is 1. The van der Waals surface area contributed by atoms with Crippen molar-refractivity contribution in [2.24, 2.45) is 23.2 Å². The van der Waals surface area contributed by atoms with Gasteiger partial charge in [0.15, 0.2) is 0 Å². The molecule has 0 radical (unpaired) electrons. The number of hydrogen-bond donors (Lipinski definition) is 4. The fraction of sp³-hybridized carbons (Fsp3) is 0.679. The fourth-order valence-corrected chi connectivity index (χ4v) is 5.82. The summed E-state index contributed by atoms with van der Waals surface area (Å²) in [5.41, 5.74) is 5.35. The molecule has 3 aliphatic carbocycles.